The highest BCUT2D eigenvalue weighted by atomic mass is 16.3. The predicted octanol–water partition coefficient (Wildman–Crippen LogP) is 2.33. The lowest BCUT2D eigenvalue weighted by atomic mass is 10.0. The van der Waals surface area contributed by atoms with Gasteiger partial charge < -0.3 is 5.11 Å². The second-order valence-corrected chi connectivity index (χ2v) is 3.08. The van der Waals surface area contributed by atoms with E-state index in [0.29, 0.717) is 5.56 Å². The Bertz CT molecular complexity index is 512. The molecule has 1 aromatic heterocycles. The first-order valence-corrected chi connectivity index (χ1v) is 4.45. The number of hydrogen-bond donors (Lipinski definition) is 1. The number of nitriles is 1. The molecular weight excluding hydrogens is 188 g/mol. The monoisotopic (exact) mass is 196 g/mol. The molecule has 0 saturated carbocycles. The second-order valence-electron chi connectivity index (χ2n) is 3.08. The van der Waals surface area contributed by atoms with Crippen LogP contribution in [-0.4, -0.2) is 10.1 Å². The van der Waals surface area contributed by atoms with Gasteiger partial charge in [-0.1, -0.05) is 12.1 Å². The number of aromatic hydroxyl groups is 1. The van der Waals surface area contributed by atoms with Gasteiger partial charge in [0, 0.05) is 18.0 Å². The minimum absolute atomic E-state index is 0.209. The number of aromatic nitrogens is 1. The molecule has 3 heteroatoms. The minimum Gasteiger partial charge on any atom is -0.508 e. The summed E-state index contributed by atoms with van der Waals surface area (Å²) >= 11 is 0. The van der Waals surface area contributed by atoms with Crippen LogP contribution in [0.15, 0.2) is 42.7 Å². The van der Waals surface area contributed by atoms with Gasteiger partial charge in [-0.15, -0.1) is 0 Å². The van der Waals surface area contributed by atoms with Gasteiger partial charge in [-0.2, -0.15) is 5.26 Å². The van der Waals surface area contributed by atoms with E-state index < -0.39 is 0 Å². The van der Waals surface area contributed by atoms with Gasteiger partial charge in [0.05, 0.1) is 11.6 Å². The summed E-state index contributed by atoms with van der Waals surface area (Å²) in [6.45, 7) is 0. The summed E-state index contributed by atoms with van der Waals surface area (Å²) < 4.78 is 0. The molecule has 0 aliphatic carbocycles. The maximum absolute atomic E-state index is 9.15. The summed E-state index contributed by atoms with van der Waals surface area (Å²) in [7, 11) is 0. The molecule has 1 heterocycles. The van der Waals surface area contributed by atoms with Gasteiger partial charge in [-0.25, -0.2) is 0 Å². The Balaban J connectivity index is 2.55. The summed E-state index contributed by atoms with van der Waals surface area (Å²) in [5.41, 5.74) is 2.23. The van der Waals surface area contributed by atoms with Gasteiger partial charge >= 0.3 is 0 Å². The van der Waals surface area contributed by atoms with Crippen molar-refractivity contribution in [3.63, 3.8) is 0 Å². The minimum atomic E-state index is 0.209. The number of phenolic OH excluding ortho intramolecular Hbond substituents is 1. The van der Waals surface area contributed by atoms with Crippen molar-refractivity contribution in [1.82, 2.24) is 4.98 Å². The molecule has 2 aromatic rings. The Labute approximate surface area is 87.3 Å². The van der Waals surface area contributed by atoms with Crippen LogP contribution in [0.1, 0.15) is 5.56 Å². The number of nitrogens with zero attached hydrogens (tertiary/aromatic N) is 2. The molecule has 1 aromatic carbocycles. The van der Waals surface area contributed by atoms with Gasteiger partial charge in [0.1, 0.15) is 5.75 Å². The molecule has 0 aliphatic rings. The number of hydrogen-bond acceptors (Lipinski definition) is 3. The molecule has 1 N–H and O–H groups in total. The van der Waals surface area contributed by atoms with E-state index in [-0.39, 0.29) is 5.75 Å². The topological polar surface area (TPSA) is 56.9 Å². The molecule has 0 fully saturated rings. The molecule has 3 nitrogen and oxygen atoms in total. The van der Waals surface area contributed by atoms with Crippen LogP contribution < -0.4 is 0 Å². The van der Waals surface area contributed by atoms with Gasteiger partial charge in [0.25, 0.3) is 0 Å². The van der Waals surface area contributed by atoms with Gasteiger partial charge in [-0.05, 0) is 23.8 Å². The van der Waals surface area contributed by atoms with Gasteiger partial charge in [0.15, 0.2) is 0 Å². The van der Waals surface area contributed by atoms with Crippen LogP contribution in [0.2, 0.25) is 0 Å². The van der Waals surface area contributed by atoms with E-state index in [0.717, 1.165) is 11.1 Å². The highest BCUT2D eigenvalue weighted by Crippen LogP contribution is 2.23. The predicted molar refractivity (Wildman–Crippen MR) is 56.1 cm³/mol. The Morgan fingerprint density at radius 2 is 1.87 bits per heavy atom. The fraction of sp³-hybridized carbons (Fsp3) is 0. The lowest BCUT2D eigenvalue weighted by Crippen LogP contribution is -1.85. The average molecular weight is 196 g/mol. The van der Waals surface area contributed by atoms with Crippen molar-refractivity contribution in [1.29, 1.82) is 5.26 Å². The van der Waals surface area contributed by atoms with E-state index in [2.05, 4.69) is 11.1 Å². The maximum atomic E-state index is 9.15. The molecule has 72 valence electrons. The highest BCUT2D eigenvalue weighted by Gasteiger charge is 2.03. The molecule has 0 bridgehead atoms. The lowest BCUT2D eigenvalue weighted by Gasteiger charge is -2.02. The third-order valence-corrected chi connectivity index (χ3v) is 2.12. The van der Waals surface area contributed by atoms with E-state index in [9.17, 15) is 0 Å². The maximum Gasteiger partial charge on any atom is 0.115 e. The Morgan fingerprint density at radius 1 is 1.13 bits per heavy atom. The van der Waals surface area contributed by atoms with Crippen molar-refractivity contribution in [3.05, 3.63) is 48.3 Å². The Kier molecular flexibility index (Phi) is 2.34. The van der Waals surface area contributed by atoms with Crippen molar-refractivity contribution in [2.75, 3.05) is 0 Å². The summed E-state index contributed by atoms with van der Waals surface area (Å²) in [6.07, 6.45) is 3.23. The van der Waals surface area contributed by atoms with Crippen molar-refractivity contribution in [2.24, 2.45) is 0 Å². The second kappa shape index (κ2) is 3.81. The number of benzene rings is 1. The number of rotatable bonds is 1. The first-order valence-electron chi connectivity index (χ1n) is 4.45. The van der Waals surface area contributed by atoms with Crippen molar-refractivity contribution in [3.8, 4) is 22.9 Å². The van der Waals surface area contributed by atoms with Crippen molar-refractivity contribution >= 4 is 0 Å². The van der Waals surface area contributed by atoms with Crippen LogP contribution in [0, 0.1) is 11.3 Å². The number of pyridine rings is 1. The van der Waals surface area contributed by atoms with Gasteiger partial charge in [0.2, 0.25) is 0 Å². The fourth-order valence-corrected chi connectivity index (χ4v) is 1.36. The SMILES string of the molecule is N#Cc1ccncc1-c1ccc(O)cc1. The fourth-order valence-electron chi connectivity index (χ4n) is 1.36. The summed E-state index contributed by atoms with van der Waals surface area (Å²) in [5.74, 6) is 0.209. The highest BCUT2D eigenvalue weighted by molar-refractivity contribution is 5.69. The van der Waals surface area contributed by atoms with Crippen LogP contribution in [0.25, 0.3) is 11.1 Å². The Hall–Kier alpha value is -2.34. The zero-order valence-electron chi connectivity index (χ0n) is 7.88. The van der Waals surface area contributed by atoms with Crippen LogP contribution in [-0.2, 0) is 0 Å². The molecule has 0 amide bonds. The quantitative estimate of drug-likeness (QED) is 0.761. The van der Waals surface area contributed by atoms with Crippen LogP contribution in [0.3, 0.4) is 0 Å². The molecule has 15 heavy (non-hydrogen) atoms. The molecular formula is C12H8N2O. The largest absolute Gasteiger partial charge is 0.508 e. The molecule has 0 radical (unpaired) electrons. The molecule has 0 spiro atoms. The van der Waals surface area contributed by atoms with E-state index in [1.807, 2.05) is 0 Å². The molecule has 0 atom stereocenters. The van der Waals surface area contributed by atoms with Crippen molar-refractivity contribution in [2.45, 2.75) is 0 Å². The van der Waals surface area contributed by atoms with E-state index in [4.69, 9.17) is 10.4 Å². The summed E-state index contributed by atoms with van der Waals surface area (Å²) in [5, 5.41) is 18.1. The molecule has 0 aliphatic heterocycles. The summed E-state index contributed by atoms with van der Waals surface area (Å²) in [6, 6.07) is 10.5. The van der Waals surface area contributed by atoms with E-state index in [1.54, 1.807) is 42.7 Å². The van der Waals surface area contributed by atoms with Crippen LogP contribution in [0.4, 0.5) is 0 Å². The first-order chi connectivity index (χ1) is 7.31. The molecule has 2 rings (SSSR count). The van der Waals surface area contributed by atoms with Gasteiger partial charge in [-0.3, -0.25) is 4.98 Å². The third kappa shape index (κ3) is 1.79. The van der Waals surface area contributed by atoms with E-state index >= 15 is 0 Å². The summed E-state index contributed by atoms with van der Waals surface area (Å²) in [4.78, 5) is 3.98. The molecule has 0 saturated heterocycles. The Morgan fingerprint density at radius 3 is 2.53 bits per heavy atom. The standard InChI is InChI=1S/C12H8N2O/c13-7-10-5-6-14-8-12(10)9-1-3-11(15)4-2-9/h1-6,8,15H. The number of phenols is 1. The smallest absolute Gasteiger partial charge is 0.115 e. The van der Waals surface area contributed by atoms with E-state index in [1.165, 1.54) is 0 Å². The van der Waals surface area contributed by atoms with Crippen LogP contribution >= 0.6 is 0 Å². The zero-order valence-corrected chi connectivity index (χ0v) is 7.88. The lowest BCUT2D eigenvalue weighted by molar-refractivity contribution is 0.475. The zero-order chi connectivity index (χ0) is 10.7. The normalized spacial score (nSPS) is 9.53. The molecule has 0 unspecified atom stereocenters. The van der Waals surface area contributed by atoms with Crippen molar-refractivity contribution < 1.29 is 5.11 Å². The average Bonchev–Trinajstić information content (AvgIpc) is 2.30. The van der Waals surface area contributed by atoms with Crippen LogP contribution in [0.5, 0.6) is 5.75 Å². The first kappa shape index (κ1) is 9.22. The third-order valence-electron chi connectivity index (χ3n) is 2.12.